The predicted molar refractivity (Wildman–Crippen MR) is 117 cm³/mol. The van der Waals surface area contributed by atoms with Gasteiger partial charge in [-0.25, -0.2) is 4.68 Å². The zero-order valence-electron chi connectivity index (χ0n) is 17.3. The molecule has 0 saturated heterocycles. The molecule has 0 aliphatic heterocycles. The quantitative estimate of drug-likeness (QED) is 0.443. The summed E-state index contributed by atoms with van der Waals surface area (Å²) in [4.78, 5) is 0. The first kappa shape index (κ1) is 20.6. The normalized spacial score (nSPS) is 10.4. The highest BCUT2D eigenvalue weighted by molar-refractivity contribution is 5.40. The van der Waals surface area contributed by atoms with Crippen molar-refractivity contribution in [1.82, 2.24) is 15.0 Å². The second kappa shape index (κ2) is 9.46. The highest BCUT2D eigenvalue weighted by Gasteiger charge is 2.19. The van der Waals surface area contributed by atoms with Gasteiger partial charge < -0.3 is 9.47 Å². The molecule has 7 nitrogen and oxygen atoms in total. The van der Waals surface area contributed by atoms with Crippen LogP contribution in [0.4, 0.5) is 0 Å². The average Bonchev–Trinajstić information content (AvgIpc) is 3.32. The number of nitrogens with zero attached hydrogens (tertiary/aromatic N) is 5. The van der Waals surface area contributed by atoms with E-state index in [1.54, 1.807) is 36.1 Å². The van der Waals surface area contributed by atoms with Gasteiger partial charge in [-0.1, -0.05) is 29.5 Å². The summed E-state index contributed by atoms with van der Waals surface area (Å²) in [5.74, 6) is 1.46. The van der Waals surface area contributed by atoms with Crippen LogP contribution in [0.25, 0.3) is 0 Å². The van der Waals surface area contributed by atoms with Crippen LogP contribution in [0.2, 0.25) is 0 Å². The van der Waals surface area contributed by atoms with Crippen molar-refractivity contribution in [3.63, 3.8) is 0 Å². The minimum atomic E-state index is -0.266. The third kappa shape index (κ3) is 4.58. The van der Waals surface area contributed by atoms with Crippen molar-refractivity contribution in [2.24, 2.45) is 0 Å². The molecular weight excluding hydrogens is 402 g/mol. The van der Waals surface area contributed by atoms with Gasteiger partial charge in [0.25, 0.3) is 0 Å². The van der Waals surface area contributed by atoms with Gasteiger partial charge in [-0.05, 0) is 59.7 Å². The summed E-state index contributed by atoms with van der Waals surface area (Å²) in [6, 6.07) is 26.0. The highest BCUT2D eigenvalue weighted by Crippen LogP contribution is 2.27. The van der Waals surface area contributed by atoms with Crippen molar-refractivity contribution in [3.8, 4) is 23.6 Å². The Morgan fingerprint density at radius 1 is 0.812 bits per heavy atom. The molecule has 32 heavy (non-hydrogen) atoms. The third-order valence-corrected chi connectivity index (χ3v) is 4.98. The van der Waals surface area contributed by atoms with Gasteiger partial charge in [-0.3, -0.25) is 0 Å². The summed E-state index contributed by atoms with van der Waals surface area (Å²) < 4.78 is 12.7. The fraction of sp³-hybridized carbons (Fsp3) is 0.120. The minimum Gasteiger partial charge on any atom is -0.497 e. The van der Waals surface area contributed by atoms with Gasteiger partial charge >= 0.3 is 0 Å². The van der Waals surface area contributed by atoms with E-state index in [-0.39, 0.29) is 12.6 Å². The van der Waals surface area contributed by atoms with Crippen LogP contribution in [-0.4, -0.2) is 22.1 Å². The standard InChI is InChI=1S/C25H19N5O2/c1-31-23-10-12-24(13-11-23)32-17-22-16-30(29-28-22)25(20-6-2-18(14-26)3-7-20)21-8-4-19(15-27)5-9-21/h2-13,16,25H,17H2,1H3. The molecule has 0 atom stereocenters. The molecule has 0 unspecified atom stereocenters. The fourth-order valence-corrected chi connectivity index (χ4v) is 3.31. The van der Waals surface area contributed by atoms with E-state index < -0.39 is 0 Å². The second-order valence-corrected chi connectivity index (χ2v) is 7.02. The number of hydrogen-bond donors (Lipinski definition) is 0. The third-order valence-electron chi connectivity index (χ3n) is 4.98. The Kier molecular flexibility index (Phi) is 6.10. The number of ether oxygens (including phenoxy) is 2. The summed E-state index contributed by atoms with van der Waals surface area (Å²) in [6.45, 7) is 0.264. The van der Waals surface area contributed by atoms with Crippen molar-refractivity contribution in [2.45, 2.75) is 12.6 Å². The minimum absolute atomic E-state index is 0.264. The molecule has 0 aliphatic rings. The molecule has 0 spiro atoms. The second-order valence-electron chi connectivity index (χ2n) is 7.02. The SMILES string of the molecule is COc1ccc(OCc2cn(C(c3ccc(C#N)cc3)c3ccc(C#N)cc3)nn2)cc1. The van der Waals surface area contributed by atoms with Gasteiger partial charge in [-0.15, -0.1) is 5.10 Å². The molecule has 0 saturated carbocycles. The lowest BCUT2D eigenvalue weighted by atomic mass is 9.97. The van der Waals surface area contributed by atoms with Gasteiger partial charge in [0.15, 0.2) is 0 Å². The van der Waals surface area contributed by atoms with E-state index in [1.165, 1.54) is 0 Å². The van der Waals surface area contributed by atoms with E-state index in [1.807, 2.05) is 54.7 Å². The lowest BCUT2D eigenvalue weighted by Crippen LogP contribution is -2.13. The van der Waals surface area contributed by atoms with E-state index in [0.29, 0.717) is 22.6 Å². The Morgan fingerprint density at radius 2 is 1.34 bits per heavy atom. The lowest BCUT2D eigenvalue weighted by Gasteiger charge is -2.18. The van der Waals surface area contributed by atoms with Crippen molar-refractivity contribution >= 4 is 0 Å². The van der Waals surface area contributed by atoms with Gasteiger partial charge in [0.2, 0.25) is 0 Å². The Bertz CT molecular complexity index is 1210. The number of hydrogen-bond acceptors (Lipinski definition) is 6. The first-order valence-corrected chi connectivity index (χ1v) is 9.88. The summed E-state index contributed by atoms with van der Waals surface area (Å²) in [7, 11) is 1.62. The van der Waals surface area contributed by atoms with Crippen LogP contribution in [-0.2, 0) is 6.61 Å². The first-order valence-electron chi connectivity index (χ1n) is 9.88. The summed E-state index contributed by atoms with van der Waals surface area (Å²) in [6.07, 6.45) is 1.84. The summed E-state index contributed by atoms with van der Waals surface area (Å²) in [5, 5.41) is 26.8. The highest BCUT2D eigenvalue weighted by atomic mass is 16.5. The van der Waals surface area contributed by atoms with Crippen LogP contribution in [0.1, 0.15) is 34.0 Å². The van der Waals surface area contributed by atoms with E-state index in [0.717, 1.165) is 16.9 Å². The molecule has 7 heteroatoms. The number of aromatic nitrogens is 3. The molecule has 156 valence electrons. The molecule has 0 aliphatic carbocycles. The Hall–Kier alpha value is -4.62. The van der Waals surface area contributed by atoms with E-state index in [4.69, 9.17) is 20.0 Å². The van der Waals surface area contributed by atoms with Crippen LogP contribution < -0.4 is 9.47 Å². The van der Waals surface area contributed by atoms with E-state index >= 15 is 0 Å². The number of rotatable bonds is 7. The van der Waals surface area contributed by atoms with Crippen LogP contribution in [0.15, 0.2) is 79.0 Å². The molecular formula is C25H19N5O2. The molecule has 0 fully saturated rings. The number of methoxy groups -OCH3 is 1. The van der Waals surface area contributed by atoms with Crippen molar-refractivity contribution < 1.29 is 9.47 Å². The molecule has 1 aromatic heterocycles. The molecule has 3 aromatic carbocycles. The Morgan fingerprint density at radius 3 is 1.84 bits per heavy atom. The van der Waals surface area contributed by atoms with Gasteiger partial charge in [0.05, 0.1) is 36.6 Å². The van der Waals surface area contributed by atoms with Gasteiger partial charge in [0.1, 0.15) is 29.8 Å². The maximum absolute atomic E-state index is 9.12. The van der Waals surface area contributed by atoms with Crippen molar-refractivity contribution in [3.05, 3.63) is 107 Å². The summed E-state index contributed by atoms with van der Waals surface area (Å²) >= 11 is 0. The fourth-order valence-electron chi connectivity index (χ4n) is 3.31. The van der Waals surface area contributed by atoms with Crippen LogP contribution in [0, 0.1) is 22.7 Å². The zero-order chi connectivity index (χ0) is 22.3. The average molecular weight is 421 g/mol. The maximum Gasteiger partial charge on any atom is 0.134 e. The Labute approximate surface area is 185 Å². The van der Waals surface area contributed by atoms with E-state index in [9.17, 15) is 0 Å². The molecule has 0 bridgehead atoms. The molecule has 0 N–H and O–H groups in total. The van der Waals surface area contributed by atoms with Crippen molar-refractivity contribution in [1.29, 1.82) is 10.5 Å². The van der Waals surface area contributed by atoms with Crippen LogP contribution in [0.5, 0.6) is 11.5 Å². The topological polar surface area (TPSA) is 96.8 Å². The van der Waals surface area contributed by atoms with Crippen LogP contribution >= 0.6 is 0 Å². The van der Waals surface area contributed by atoms with Crippen molar-refractivity contribution in [2.75, 3.05) is 7.11 Å². The van der Waals surface area contributed by atoms with Gasteiger partial charge in [-0.2, -0.15) is 10.5 Å². The molecule has 1 heterocycles. The molecule has 4 aromatic rings. The Balaban J connectivity index is 1.60. The predicted octanol–water partition coefficient (Wildman–Crippen LogP) is 4.25. The first-order chi connectivity index (χ1) is 15.7. The zero-order valence-corrected chi connectivity index (χ0v) is 17.3. The summed E-state index contributed by atoms with van der Waals surface area (Å²) in [5.41, 5.74) is 3.73. The monoisotopic (exact) mass is 421 g/mol. The largest absolute Gasteiger partial charge is 0.497 e. The van der Waals surface area contributed by atoms with Crippen LogP contribution in [0.3, 0.4) is 0 Å². The van der Waals surface area contributed by atoms with E-state index in [2.05, 4.69) is 22.5 Å². The molecule has 0 radical (unpaired) electrons. The number of benzene rings is 3. The van der Waals surface area contributed by atoms with Gasteiger partial charge in [0, 0.05) is 0 Å². The lowest BCUT2D eigenvalue weighted by molar-refractivity contribution is 0.300. The number of nitriles is 2. The smallest absolute Gasteiger partial charge is 0.134 e. The molecule has 0 amide bonds. The maximum atomic E-state index is 9.12. The molecule has 4 rings (SSSR count).